The molecule has 1 aliphatic rings. The van der Waals surface area contributed by atoms with Crippen molar-refractivity contribution in [3.8, 4) is 0 Å². The van der Waals surface area contributed by atoms with E-state index in [0.717, 1.165) is 25.0 Å². The number of carbonyl (C=O) groups is 2. The Bertz CT molecular complexity index is 769. The van der Waals surface area contributed by atoms with E-state index in [4.69, 9.17) is 4.42 Å². The fourth-order valence-corrected chi connectivity index (χ4v) is 2.96. The van der Waals surface area contributed by atoms with Crippen LogP contribution in [0.2, 0.25) is 0 Å². The lowest BCUT2D eigenvalue weighted by Crippen LogP contribution is -2.42. The molecule has 0 saturated heterocycles. The first-order chi connectivity index (χ1) is 11.8. The molecule has 2 N–H and O–H groups in total. The molecule has 25 heavy (non-hydrogen) atoms. The van der Waals surface area contributed by atoms with Gasteiger partial charge in [-0.15, -0.1) is 0 Å². The average molecular weight is 344 g/mol. The van der Waals surface area contributed by atoms with Gasteiger partial charge >= 0.3 is 0 Å². The van der Waals surface area contributed by atoms with Crippen LogP contribution in [0.4, 0.5) is 0 Å². The summed E-state index contributed by atoms with van der Waals surface area (Å²) in [6, 6.07) is 3.57. The third-order valence-corrected chi connectivity index (χ3v) is 4.03. The van der Waals surface area contributed by atoms with Gasteiger partial charge in [-0.2, -0.15) is 0 Å². The average Bonchev–Trinajstić information content (AvgIpc) is 3.18. The highest BCUT2D eigenvalue weighted by atomic mass is 16.3. The molecule has 7 nitrogen and oxygen atoms in total. The summed E-state index contributed by atoms with van der Waals surface area (Å²) in [6.45, 7) is 6.76. The summed E-state index contributed by atoms with van der Waals surface area (Å²) in [7, 11) is 0. The lowest BCUT2D eigenvalue weighted by atomic mass is 10.1. The molecule has 2 aromatic heterocycles. The summed E-state index contributed by atoms with van der Waals surface area (Å²) < 4.78 is 7.11. The molecule has 3 heterocycles. The van der Waals surface area contributed by atoms with E-state index < -0.39 is 0 Å². The van der Waals surface area contributed by atoms with Gasteiger partial charge in [-0.25, -0.2) is 4.98 Å². The second-order valence-corrected chi connectivity index (χ2v) is 7.31. The minimum absolute atomic E-state index is 0.249. The molecule has 0 aromatic carbocycles. The van der Waals surface area contributed by atoms with Gasteiger partial charge in [0.2, 0.25) is 0 Å². The third-order valence-electron chi connectivity index (χ3n) is 4.03. The van der Waals surface area contributed by atoms with Crippen molar-refractivity contribution in [3.05, 3.63) is 41.4 Å². The molecule has 2 aromatic rings. The van der Waals surface area contributed by atoms with Crippen LogP contribution in [0, 0.1) is 0 Å². The maximum absolute atomic E-state index is 12.6. The van der Waals surface area contributed by atoms with Gasteiger partial charge in [0.15, 0.2) is 5.82 Å². The maximum atomic E-state index is 12.6. The minimum atomic E-state index is -0.361. The van der Waals surface area contributed by atoms with Crippen molar-refractivity contribution < 1.29 is 14.0 Å². The topological polar surface area (TPSA) is 89.2 Å². The lowest BCUT2D eigenvalue weighted by molar-refractivity contribution is 0.0903. The van der Waals surface area contributed by atoms with Crippen LogP contribution < -0.4 is 10.6 Å². The van der Waals surface area contributed by atoms with E-state index in [-0.39, 0.29) is 17.4 Å². The first-order valence-electron chi connectivity index (χ1n) is 8.57. The number of imidazole rings is 1. The Morgan fingerprint density at radius 3 is 2.76 bits per heavy atom. The van der Waals surface area contributed by atoms with Crippen LogP contribution in [0.25, 0.3) is 0 Å². The number of carbonyl (C=O) groups excluding carboxylic acids is 2. The van der Waals surface area contributed by atoms with E-state index in [9.17, 15) is 9.59 Å². The SMILES string of the molecule is CC(C)(C)NC(=O)c1nc(C(=O)NCc2ccco2)c2n1CCCC2. The monoisotopic (exact) mass is 344 g/mol. The summed E-state index contributed by atoms with van der Waals surface area (Å²) >= 11 is 0. The van der Waals surface area contributed by atoms with E-state index in [1.54, 1.807) is 18.4 Å². The van der Waals surface area contributed by atoms with Crippen LogP contribution in [-0.4, -0.2) is 26.9 Å². The highest BCUT2D eigenvalue weighted by molar-refractivity contribution is 5.97. The smallest absolute Gasteiger partial charge is 0.287 e. The van der Waals surface area contributed by atoms with Crippen molar-refractivity contribution in [2.24, 2.45) is 0 Å². The third kappa shape index (κ3) is 3.92. The predicted octanol–water partition coefficient (Wildman–Crippen LogP) is 2.27. The molecule has 3 rings (SSSR count). The number of nitrogens with zero attached hydrogens (tertiary/aromatic N) is 2. The summed E-state index contributed by atoms with van der Waals surface area (Å²) in [6.07, 6.45) is 4.28. The van der Waals surface area contributed by atoms with E-state index in [1.165, 1.54) is 0 Å². The Hall–Kier alpha value is -2.57. The second kappa shape index (κ2) is 6.74. The molecule has 0 saturated carbocycles. The molecule has 7 heteroatoms. The van der Waals surface area contributed by atoms with Gasteiger partial charge in [-0.1, -0.05) is 0 Å². The standard InChI is InChI=1S/C18H24N4O3/c1-18(2,3)21-17(24)15-20-14(13-8-4-5-9-22(13)15)16(23)19-11-12-7-6-10-25-12/h6-7,10H,4-5,8-9,11H2,1-3H3,(H,19,23)(H,21,24). The molecule has 2 amide bonds. The van der Waals surface area contributed by atoms with Gasteiger partial charge in [0.05, 0.1) is 18.5 Å². The van der Waals surface area contributed by atoms with Crippen LogP contribution in [0.5, 0.6) is 0 Å². The van der Waals surface area contributed by atoms with Gasteiger partial charge in [0.1, 0.15) is 11.5 Å². The summed E-state index contributed by atoms with van der Waals surface area (Å²) in [5.41, 5.74) is 0.812. The molecule has 0 spiro atoms. The zero-order valence-corrected chi connectivity index (χ0v) is 14.9. The zero-order valence-electron chi connectivity index (χ0n) is 14.9. The van der Waals surface area contributed by atoms with Crippen molar-refractivity contribution in [1.29, 1.82) is 0 Å². The van der Waals surface area contributed by atoms with Crippen molar-refractivity contribution in [2.75, 3.05) is 0 Å². The number of aromatic nitrogens is 2. The number of fused-ring (bicyclic) bond motifs is 1. The number of furan rings is 1. The molecule has 0 bridgehead atoms. The Kier molecular flexibility index (Phi) is 4.65. The molecule has 0 unspecified atom stereocenters. The molecule has 0 atom stereocenters. The summed E-state index contributed by atoms with van der Waals surface area (Å²) in [5, 5.41) is 5.73. The van der Waals surface area contributed by atoms with E-state index >= 15 is 0 Å². The number of amides is 2. The number of rotatable bonds is 4. The number of nitrogens with one attached hydrogen (secondary N) is 2. The fraction of sp³-hybridized carbons (Fsp3) is 0.500. The van der Waals surface area contributed by atoms with Gasteiger partial charge < -0.3 is 19.6 Å². The van der Waals surface area contributed by atoms with Crippen LogP contribution in [0.3, 0.4) is 0 Å². The molecule has 1 aliphatic heterocycles. The molecular weight excluding hydrogens is 320 g/mol. The van der Waals surface area contributed by atoms with E-state index in [2.05, 4.69) is 15.6 Å². The van der Waals surface area contributed by atoms with Crippen LogP contribution in [-0.2, 0) is 19.5 Å². The highest BCUT2D eigenvalue weighted by Gasteiger charge is 2.28. The fourth-order valence-electron chi connectivity index (χ4n) is 2.96. The van der Waals surface area contributed by atoms with E-state index in [0.29, 0.717) is 30.4 Å². The van der Waals surface area contributed by atoms with Gasteiger partial charge in [-0.3, -0.25) is 9.59 Å². The van der Waals surface area contributed by atoms with Gasteiger partial charge in [-0.05, 0) is 52.2 Å². The Morgan fingerprint density at radius 2 is 2.08 bits per heavy atom. The highest BCUT2D eigenvalue weighted by Crippen LogP contribution is 2.21. The minimum Gasteiger partial charge on any atom is -0.467 e. The molecule has 134 valence electrons. The van der Waals surface area contributed by atoms with E-state index in [1.807, 2.05) is 25.3 Å². The first-order valence-corrected chi connectivity index (χ1v) is 8.57. The molecular formula is C18H24N4O3. The summed E-state index contributed by atoms with van der Waals surface area (Å²) in [5.74, 6) is 0.456. The summed E-state index contributed by atoms with van der Waals surface area (Å²) in [4.78, 5) is 29.5. The van der Waals surface area contributed by atoms with Crippen molar-refractivity contribution in [3.63, 3.8) is 0 Å². The quantitative estimate of drug-likeness (QED) is 0.890. The number of hydrogen-bond acceptors (Lipinski definition) is 4. The first kappa shape index (κ1) is 17.3. The van der Waals surface area contributed by atoms with Crippen molar-refractivity contribution in [2.45, 2.75) is 58.7 Å². The predicted molar refractivity (Wildman–Crippen MR) is 92.3 cm³/mol. The van der Waals surface area contributed by atoms with Crippen molar-refractivity contribution >= 4 is 11.8 Å². The van der Waals surface area contributed by atoms with Crippen molar-refractivity contribution in [1.82, 2.24) is 20.2 Å². The Morgan fingerprint density at radius 1 is 1.28 bits per heavy atom. The van der Waals surface area contributed by atoms with Crippen LogP contribution in [0.15, 0.2) is 22.8 Å². The Labute approximate surface area is 146 Å². The van der Waals surface area contributed by atoms with Gasteiger partial charge in [0.25, 0.3) is 11.8 Å². The van der Waals surface area contributed by atoms with Crippen LogP contribution >= 0.6 is 0 Å². The zero-order chi connectivity index (χ0) is 18.0. The molecule has 0 fully saturated rings. The lowest BCUT2D eigenvalue weighted by Gasteiger charge is -2.22. The molecule has 0 radical (unpaired) electrons. The maximum Gasteiger partial charge on any atom is 0.287 e. The molecule has 0 aliphatic carbocycles. The Balaban J connectivity index is 1.84. The second-order valence-electron chi connectivity index (χ2n) is 7.31. The normalized spacial score (nSPS) is 14.0. The number of hydrogen-bond donors (Lipinski definition) is 2. The van der Waals surface area contributed by atoms with Gasteiger partial charge in [0, 0.05) is 12.1 Å². The van der Waals surface area contributed by atoms with Crippen LogP contribution in [0.1, 0.15) is 66.2 Å². The largest absolute Gasteiger partial charge is 0.467 e.